The van der Waals surface area contributed by atoms with Crippen LogP contribution < -0.4 is 0 Å². The third-order valence-corrected chi connectivity index (χ3v) is 14.0. The van der Waals surface area contributed by atoms with Crippen LogP contribution in [0.4, 0.5) is 0 Å². The van der Waals surface area contributed by atoms with Crippen molar-refractivity contribution in [2.75, 3.05) is 0 Å². The van der Waals surface area contributed by atoms with Crippen molar-refractivity contribution in [3.8, 4) is 51.0 Å². The zero-order valence-corrected chi connectivity index (χ0v) is 36.9. The topological polar surface area (TPSA) is 69.9 Å². The summed E-state index contributed by atoms with van der Waals surface area (Å²) in [7, 11) is 0. The summed E-state index contributed by atoms with van der Waals surface area (Å²) in [6.07, 6.45) is 0. The SMILES string of the molecule is c1ccc(-c2cccc(-c3nc(-c4ccc5oc6ccccc6c5c4)nc(-c4cccc5oc6ccc7ccc(-n8c9cc%10ccccc%10cc9c9cc%10ccccc%10cc98)cc7c6c45)n3)c2)cc1. The van der Waals surface area contributed by atoms with E-state index in [9.17, 15) is 0 Å². The Hall–Kier alpha value is -9.39. The minimum atomic E-state index is 0.555. The summed E-state index contributed by atoms with van der Waals surface area (Å²) >= 11 is 0. The molecule has 69 heavy (non-hydrogen) atoms. The lowest BCUT2D eigenvalue weighted by Gasteiger charge is -2.12. The highest BCUT2D eigenvalue weighted by molar-refractivity contribution is 6.23. The van der Waals surface area contributed by atoms with Crippen LogP contribution in [0.2, 0.25) is 0 Å². The lowest BCUT2D eigenvalue weighted by molar-refractivity contribution is 0.668. The smallest absolute Gasteiger partial charge is 0.164 e. The molecule has 15 rings (SSSR count). The van der Waals surface area contributed by atoms with Gasteiger partial charge in [0.2, 0.25) is 0 Å². The van der Waals surface area contributed by atoms with Gasteiger partial charge in [0.05, 0.1) is 11.0 Å². The highest BCUT2D eigenvalue weighted by Gasteiger charge is 2.22. The number of rotatable bonds is 5. The van der Waals surface area contributed by atoms with Crippen LogP contribution in [0.15, 0.2) is 227 Å². The Labute approximate surface area is 394 Å². The molecule has 0 aliphatic rings. The average Bonchev–Trinajstić information content (AvgIpc) is 4.08. The van der Waals surface area contributed by atoms with Gasteiger partial charge in [0.25, 0.3) is 0 Å². The summed E-state index contributed by atoms with van der Waals surface area (Å²) in [5.41, 5.74) is 11.4. The Bertz CT molecular complexity index is 4530. The standard InChI is InChI=1S/C63H36N4O2/c1-2-12-37(13-3-1)39-18-10-19-44(30-39)61-64-62(45-26-28-56-52(33-45)47-20-8-9-22-55(47)68-56)66-63(65-61)48-21-11-23-57-59(48)60-49-36-46(27-24-38(49)25-29-58(60)69-57)67-53-34-42-16-6-4-14-40(42)31-50(53)51-32-41-15-5-7-17-43(41)35-54(51)67/h1-36H. The second-order valence-electron chi connectivity index (χ2n) is 18.0. The monoisotopic (exact) mass is 880 g/mol. The molecule has 0 aliphatic heterocycles. The number of aromatic nitrogens is 4. The van der Waals surface area contributed by atoms with Crippen LogP contribution in [0.1, 0.15) is 0 Å². The third kappa shape index (κ3) is 5.89. The fraction of sp³-hybridized carbons (Fsp3) is 0. The van der Waals surface area contributed by atoms with Gasteiger partial charge >= 0.3 is 0 Å². The van der Waals surface area contributed by atoms with Gasteiger partial charge in [0.1, 0.15) is 22.3 Å². The molecule has 0 amide bonds. The van der Waals surface area contributed by atoms with E-state index in [4.69, 9.17) is 23.8 Å². The van der Waals surface area contributed by atoms with Crippen molar-refractivity contribution in [1.29, 1.82) is 0 Å². The molecule has 0 aliphatic carbocycles. The third-order valence-electron chi connectivity index (χ3n) is 14.0. The fourth-order valence-corrected chi connectivity index (χ4v) is 10.7. The molecule has 6 heteroatoms. The van der Waals surface area contributed by atoms with E-state index in [0.717, 1.165) is 99.2 Å². The quantitative estimate of drug-likeness (QED) is 0.172. The lowest BCUT2D eigenvalue weighted by atomic mass is 9.99. The summed E-state index contributed by atoms with van der Waals surface area (Å²) in [5.74, 6) is 1.70. The Balaban J connectivity index is 0.979. The average molecular weight is 881 g/mol. The first-order valence-electron chi connectivity index (χ1n) is 23.2. The van der Waals surface area contributed by atoms with Crippen molar-refractivity contribution in [2.24, 2.45) is 0 Å². The molecule has 0 saturated carbocycles. The van der Waals surface area contributed by atoms with E-state index in [1.54, 1.807) is 0 Å². The predicted molar refractivity (Wildman–Crippen MR) is 283 cm³/mol. The zero-order valence-electron chi connectivity index (χ0n) is 36.9. The fourth-order valence-electron chi connectivity index (χ4n) is 10.7. The number of fused-ring (bicyclic) bond motifs is 13. The lowest BCUT2D eigenvalue weighted by Crippen LogP contribution is -2.00. The number of furan rings is 2. The molecule has 0 saturated heterocycles. The van der Waals surface area contributed by atoms with E-state index in [0.29, 0.717) is 17.5 Å². The van der Waals surface area contributed by atoms with Crippen LogP contribution in [0.5, 0.6) is 0 Å². The molecular weight excluding hydrogens is 845 g/mol. The van der Waals surface area contributed by atoms with Gasteiger partial charge in [-0.2, -0.15) is 0 Å². The van der Waals surface area contributed by atoms with Crippen LogP contribution in [-0.4, -0.2) is 19.5 Å². The number of hydrogen-bond donors (Lipinski definition) is 0. The predicted octanol–water partition coefficient (Wildman–Crippen LogP) is 16.9. The molecule has 0 atom stereocenters. The van der Waals surface area contributed by atoms with Crippen molar-refractivity contribution in [1.82, 2.24) is 19.5 Å². The maximum Gasteiger partial charge on any atom is 0.164 e. The Morgan fingerprint density at radius 2 is 0.841 bits per heavy atom. The van der Waals surface area contributed by atoms with Crippen molar-refractivity contribution >= 4 is 98.0 Å². The zero-order chi connectivity index (χ0) is 45.2. The van der Waals surface area contributed by atoms with Gasteiger partial charge in [-0.1, -0.05) is 140 Å². The minimum absolute atomic E-state index is 0.555. The van der Waals surface area contributed by atoms with Gasteiger partial charge in [-0.3, -0.25) is 0 Å². The highest BCUT2D eigenvalue weighted by atomic mass is 16.3. The summed E-state index contributed by atoms with van der Waals surface area (Å²) < 4.78 is 15.4. The summed E-state index contributed by atoms with van der Waals surface area (Å²) in [6, 6.07) is 77.0. The summed E-state index contributed by atoms with van der Waals surface area (Å²) in [5, 5.41) is 13.5. The van der Waals surface area contributed by atoms with Crippen molar-refractivity contribution < 1.29 is 8.83 Å². The molecule has 320 valence electrons. The highest BCUT2D eigenvalue weighted by Crippen LogP contribution is 2.43. The maximum absolute atomic E-state index is 6.78. The summed E-state index contributed by atoms with van der Waals surface area (Å²) in [6.45, 7) is 0. The molecule has 4 heterocycles. The molecule has 0 bridgehead atoms. The van der Waals surface area contributed by atoms with Gasteiger partial charge in [-0.05, 0) is 122 Å². The van der Waals surface area contributed by atoms with E-state index >= 15 is 0 Å². The Morgan fingerprint density at radius 1 is 0.290 bits per heavy atom. The normalized spacial score (nSPS) is 12.1. The van der Waals surface area contributed by atoms with Gasteiger partial charge in [-0.25, -0.2) is 15.0 Å². The Morgan fingerprint density at radius 3 is 1.61 bits per heavy atom. The van der Waals surface area contributed by atoms with Crippen LogP contribution in [0.25, 0.3) is 149 Å². The second kappa shape index (κ2) is 14.6. The van der Waals surface area contributed by atoms with Crippen molar-refractivity contribution in [3.63, 3.8) is 0 Å². The molecular formula is C63H36N4O2. The number of benzene rings is 11. The van der Waals surface area contributed by atoms with Crippen LogP contribution in [0.3, 0.4) is 0 Å². The molecule has 11 aromatic carbocycles. The van der Waals surface area contributed by atoms with E-state index in [2.05, 4.69) is 174 Å². The Kier molecular flexibility index (Phi) is 7.97. The first-order chi connectivity index (χ1) is 34.1. The summed E-state index contributed by atoms with van der Waals surface area (Å²) in [4.78, 5) is 15.9. The molecule has 4 aromatic heterocycles. The van der Waals surface area contributed by atoms with E-state index < -0.39 is 0 Å². The van der Waals surface area contributed by atoms with E-state index in [1.807, 2.05) is 48.5 Å². The van der Waals surface area contributed by atoms with E-state index in [1.165, 1.54) is 32.3 Å². The maximum atomic E-state index is 6.78. The van der Waals surface area contributed by atoms with E-state index in [-0.39, 0.29) is 0 Å². The molecule has 15 aromatic rings. The van der Waals surface area contributed by atoms with Crippen molar-refractivity contribution in [3.05, 3.63) is 218 Å². The second-order valence-corrected chi connectivity index (χ2v) is 18.0. The largest absolute Gasteiger partial charge is 0.456 e. The van der Waals surface area contributed by atoms with Crippen LogP contribution in [-0.2, 0) is 0 Å². The number of nitrogens with zero attached hydrogens (tertiary/aromatic N) is 4. The molecule has 0 unspecified atom stereocenters. The van der Waals surface area contributed by atoms with Gasteiger partial charge in [0.15, 0.2) is 17.5 Å². The van der Waals surface area contributed by atoms with Gasteiger partial charge in [-0.15, -0.1) is 0 Å². The molecule has 6 nitrogen and oxygen atoms in total. The molecule has 0 fully saturated rings. The molecule has 0 radical (unpaired) electrons. The molecule has 0 spiro atoms. The number of para-hydroxylation sites is 1. The van der Waals surface area contributed by atoms with Gasteiger partial charge < -0.3 is 13.4 Å². The van der Waals surface area contributed by atoms with Crippen LogP contribution >= 0.6 is 0 Å². The molecule has 0 N–H and O–H groups in total. The number of hydrogen-bond acceptors (Lipinski definition) is 5. The van der Waals surface area contributed by atoms with Gasteiger partial charge in [0, 0.05) is 54.7 Å². The van der Waals surface area contributed by atoms with Crippen LogP contribution in [0, 0.1) is 0 Å². The first kappa shape index (κ1) is 37.8. The first-order valence-corrected chi connectivity index (χ1v) is 23.2. The minimum Gasteiger partial charge on any atom is -0.456 e. The van der Waals surface area contributed by atoms with Crippen molar-refractivity contribution in [2.45, 2.75) is 0 Å².